The van der Waals surface area contributed by atoms with Gasteiger partial charge in [0.05, 0.1) is 6.54 Å². The molecule has 7 nitrogen and oxygen atoms in total. The normalized spacial score (nSPS) is 21.3. The Kier molecular flexibility index (Phi) is 5.38. The maximum atomic E-state index is 12.6. The van der Waals surface area contributed by atoms with Gasteiger partial charge in [-0.3, -0.25) is 9.36 Å². The minimum atomic E-state index is -0.267. The number of benzene rings is 1. The van der Waals surface area contributed by atoms with Gasteiger partial charge < -0.3 is 9.64 Å². The van der Waals surface area contributed by atoms with Crippen LogP contribution in [0.3, 0.4) is 0 Å². The summed E-state index contributed by atoms with van der Waals surface area (Å²) in [5.74, 6) is 1.10. The lowest BCUT2D eigenvalue weighted by molar-refractivity contribution is -0.147. The van der Waals surface area contributed by atoms with Crippen molar-refractivity contribution >= 4 is 5.91 Å². The molecule has 0 spiro atoms. The van der Waals surface area contributed by atoms with Crippen molar-refractivity contribution < 1.29 is 9.53 Å². The van der Waals surface area contributed by atoms with Crippen molar-refractivity contribution in [3.8, 4) is 0 Å². The van der Waals surface area contributed by atoms with E-state index in [0.717, 1.165) is 43.5 Å². The average molecular weight is 370 g/mol. The van der Waals surface area contributed by atoms with E-state index in [1.165, 1.54) is 0 Å². The van der Waals surface area contributed by atoms with E-state index in [0.29, 0.717) is 26.2 Å². The third kappa shape index (κ3) is 3.98. The average Bonchev–Trinajstić information content (AvgIpc) is 3.09. The first-order valence-corrected chi connectivity index (χ1v) is 9.82. The summed E-state index contributed by atoms with van der Waals surface area (Å²) >= 11 is 0. The number of hydrogen-bond acceptors (Lipinski definition) is 4. The summed E-state index contributed by atoms with van der Waals surface area (Å²) in [6, 6.07) is 9.92. The quantitative estimate of drug-likeness (QED) is 0.891. The maximum absolute atomic E-state index is 12.6. The van der Waals surface area contributed by atoms with E-state index < -0.39 is 0 Å². The number of carbonyl (C=O) groups is 1. The molecule has 0 unspecified atom stereocenters. The number of nitrogens with zero attached hydrogens (tertiary/aromatic N) is 3. The van der Waals surface area contributed by atoms with Crippen molar-refractivity contribution in [2.24, 2.45) is 0 Å². The van der Waals surface area contributed by atoms with Crippen LogP contribution < -0.4 is 5.69 Å². The summed E-state index contributed by atoms with van der Waals surface area (Å²) in [5.41, 5.74) is 0.896. The van der Waals surface area contributed by atoms with E-state index >= 15 is 0 Å². The first-order valence-electron chi connectivity index (χ1n) is 9.82. The lowest BCUT2D eigenvalue weighted by atomic mass is 9.95. The minimum Gasteiger partial charge on any atom is -0.368 e. The number of H-pyrrole nitrogens is 1. The first kappa shape index (κ1) is 18.0. The molecule has 1 aromatic heterocycles. The van der Waals surface area contributed by atoms with Crippen LogP contribution in [0.15, 0.2) is 35.1 Å². The van der Waals surface area contributed by atoms with E-state index in [9.17, 15) is 9.59 Å². The number of carbonyl (C=O) groups excluding carboxylic acids is 1. The SMILES string of the molecule is O=C([C@@H]1CCCCO1)N1CCC(c2n[nH]c(=O)n2Cc2ccccc2)CC1. The molecule has 2 saturated heterocycles. The second kappa shape index (κ2) is 8.08. The molecule has 2 fully saturated rings. The minimum absolute atomic E-state index is 0.122. The zero-order chi connectivity index (χ0) is 18.6. The van der Waals surface area contributed by atoms with Gasteiger partial charge in [-0.1, -0.05) is 30.3 Å². The zero-order valence-corrected chi connectivity index (χ0v) is 15.5. The van der Waals surface area contributed by atoms with Crippen LogP contribution in [0.25, 0.3) is 0 Å². The number of nitrogens with one attached hydrogen (secondary N) is 1. The summed E-state index contributed by atoms with van der Waals surface area (Å²) in [6.07, 6.45) is 4.30. The monoisotopic (exact) mass is 370 g/mol. The Morgan fingerprint density at radius 2 is 1.93 bits per heavy atom. The van der Waals surface area contributed by atoms with Gasteiger partial charge in [0.1, 0.15) is 11.9 Å². The summed E-state index contributed by atoms with van der Waals surface area (Å²) in [4.78, 5) is 26.8. The molecule has 1 aromatic carbocycles. The molecular formula is C20H26N4O3. The van der Waals surface area contributed by atoms with E-state index in [-0.39, 0.29) is 23.6 Å². The molecular weight excluding hydrogens is 344 g/mol. The number of aromatic nitrogens is 3. The molecule has 1 amide bonds. The topological polar surface area (TPSA) is 80.2 Å². The Bertz CT molecular complexity index is 815. The Hall–Kier alpha value is -2.41. The molecule has 2 aliphatic heterocycles. The van der Waals surface area contributed by atoms with Crippen LogP contribution in [0.4, 0.5) is 0 Å². The molecule has 0 aliphatic carbocycles. The number of likely N-dealkylation sites (tertiary alicyclic amines) is 1. The largest absolute Gasteiger partial charge is 0.368 e. The molecule has 144 valence electrons. The van der Waals surface area contributed by atoms with Crippen LogP contribution in [-0.2, 0) is 16.1 Å². The third-order valence-corrected chi connectivity index (χ3v) is 5.60. The highest BCUT2D eigenvalue weighted by atomic mass is 16.5. The molecule has 4 rings (SSSR count). The molecule has 2 aromatic rings. The van der Waals surface area contributed by atoms with Crippen molar-refractivity contribution in [3.63, 3.8) is 0 Å². The fourth-order valence-corrected chi connectivity index (χ4v) is 4.06. The molecule has 27 heavy (non-hydrogen) atoms. The molecule has 2 aliphatic rings. The molecule has 0 saturated carbocycles. The van der Waals surface area contributed by atoms with Gasteiger partial charge in [0, 0.05) is 25.6 Å². The first-order chi connectivity index (χ1) is 13.2. The van der Waals surface area contributed by atoms with Crippen LogP contribution in [-0.4, -0.2) is 51.4 Å². The van der Waals surface area contributed by atoms with E-state index in [2.05, 4.69) is 10.2 Å². The van der Waals surface area contributed by atoms with Crippen molar-refractivity contribution in [2.45, 2.75) is 50.7 Å². The van der Waals surface area contributed by atoms with Gasteiger partial charge in [0.25, 0.3) is 5.91 Å². The van der Waals surface area contributed by atoms with Gasteiger partial charge >= 0.3 is 5.69 Å². The third-order valence-electron chi connectivity index (χ3n) is 5.60. The molecule has 1 N–H and O–H groups in total. The summed E-state index contributed by atoms with van der Waals surface area (Å²) in [5, 5.41) is 6.89. The fourth-order valence-electron chi connectivity index (χ4n) is 4.06. The number of hydrogen-bond donors (Lipinski definition) is 1. The summed E-state index contributed by atoms with van der Waals surface area (Å²) in [6.45, 7) is 2.58. The number of piperidine rings is 1. The molecule has 0 bridgehead atoms. The predicted molar refractivity (Wildman–Crippen MR) is 101 cm³/mol. The lowest BCUT2D eigenvalue weighted by Crippen LogP contribution is -2.45. The zero-order valence-electron chi connectivity index (χ0n) is 15.5. The van der Waals surface area contributed by atoms with Crippen LogP contribution in [0.2, 0.25) is 0 Å². The molecule has 7 heteroatoms. The Labute approximate surface area is 158 Å². The van der Waals surface area contributed by atoms with Crippen molar-refractivity contribution in [1.29, 1.82) is 0 Å². The molecule has 1 atom stereocenters. The second-order valence-electron chi connectivity index (χ2n) is 7.41. The van der Waals surface area contributed by atoms with Crippen LogP contribution >= 0.6 is 0 Å². The van der Waals surface area contributed by atoms with Gasteiger partial charge in [-0.25, -0.2) is 9.89 Å². The van der Waals surface area contributed by atoms with Crippen molar-refractivity contribution in [1.82, 2.24) is 19.7 Å². The highest BCUT2D eigenvalue weighted by Crippen LogP contribution is 2.27. The summed E-state index contributed by atoms with van der Waals surface area (Å²) < 4.78 is 7.36. The maximum Gasteiger partial charge on any atom is 0.343 e. The van der Waals surface area contributed by atoms with E-state index in [4.69, 9.17) is 4.74 Å². The number of ether oxygens (including phenoxy) is 1. The van der Waals surface area contributed by atoms with Crippen LogP contribution in [0.5, 0.6) is 0 Å². The molecule has 0 radical (unpaired) electrons. The van der Waals surface area contributed by atoms with Gasteiger partial charge in [-0.15, -0.1) is 0 Å². The van der Waals surface area contributed by atoms with Crippen LogP contribution in [0.1, 0.15) is 49.4 Å². The smallest absolute Gasteiger partial charge is 0.343 e. The van der Waals surface area contributed by atoms with E-state index in [1.807, 2.05) is 35.2 Å². The Morgan fingerprint density at radius 3 is 2.63 bits per heavy atom. The standard InChI is InChI=1S/C20H26N4O3/c25-19(17-8-4-5-13-27-17)23-11-9-16(10-12-23)18-21-22-20(26)24(18)14-15-6-2-1-3-7-15/h1-3,6-7,16-17H,4-5,8-14H2,(H,22,26)/t17-/m0/s1. The van der Waals surface area contributed by atoms with E-state index in [1.54, 1.807) is 4.57 Å². The number of aromatic amines is 1. The second-order valence-corrected chi connectivity index (χ2v) is 7.41. The lowest BCUT2D eigenvalue weighted by Gasteiger charge is -2.34. The number of amides is 1. The highest BCUT2D eigenvalue weighted by Gasteiger charge is 2.32. The van der Waals surface area contributed by atoms with Crippen LogP contribution in [0, 0.1) is 0 Å². The predicted octanol–water partition coefficient (Wildman–Crippen LogP) is 1.89. The fraction of sp³-hybridized carbons (Fsp3) is 0.550. The van der Waals surface area contributed by atoms with Gasteiger partial charge in [-0.05, 0) is 37.7 Å². The van der Waals surface area contributed by atoms with Crippen molar-refractivity contribution in [2.75, 3.05) is 19.7 Å². The van der Waals surface area contributed by atoms with Gasteiger partial charge in [0.15, 0.2) is 0 Å². The van der Waals surface area contributed by atoms with Gasteiger partial charge in [-0.2, -0.15) is 5.10 Å². The highest BCUT2D eigenvalue weighted by molar-refractivity contribution is 5.81. The van der Waals surface area contributed by atoms with Crippen molar-refractivity contribution in [3.05, 3.63) is 52.2 Å². The summed E-state index contributed by atoms with van der Waals surface area (Å²) in [7, 11) is 0. The Balaban J connectivity index is 1.41. The Morgan fingerprint density at radius 1 is 1.15 bits per heavy atom. The van der Waals surface area contributed by atoms with Gasteiger partial charge in [0.2, 0.25) is 0 Å². The molecule has 3 heterocycles. The number of rotatable bonds is 4.